The van der Waals surface area contributed by atoms with Crippen molar-refractivity contribution in [3.05, 3.63) is 97.6 Å². The molecule has 2 aliphatic heterocycles. The van der Waals surface area contributed by atoms with Gasteiger partial charge in [0.15, 0.2) is 5.60 Å². The SMILES string of the molecule is COC(=O)NCC(=O)NCC(=O)N[C@@H](Cc1ccccc1)C(=O)NCC(=O)NCO[C@H](C)C(=O)N[C@H]1CCc2c(C)c(F)cc3nc4c(c1c23)Cn1c-4cc2c(c1=O)COC(=O)[C@]2(O)CC1CC1. The van der Waals surface area contributed by atoms with Crippen LogP contribution in [-0.2, 0) is 74.6 Å². The Morgan fingerprint density at radius 1 is 0.926 bits per heavy atom. The van der Waals surface area contributed by atoms with Crippen LogP contribution in [0.3, 0.4) is 0 Å². The van der Waals surface area contributed by atoms with E-state index in [1.165, 1.54) is 17.6 Å². The number of aromatic nitrogens is 2. The van der Waals surface area contributed by atoms with E-state index in [2.05, 4.69) is 36.6 Å². The van der Waals surface area contributed by atoms with E-state index in [4.69, 9.17) is 14.5 Å². The zero-order valence-electron chi connectivity index (χ0n) is 37.5. The molecule has 1 saturated carbocycles. The lowest BCUT2D eigenvalue weighted by Gasteiger charge is -2.32. The molecule has 0 bridgehead atoms. The highest BCUT2D eigenvalue weighted by Gasteiger charge is 2.50. The van der Waals surface area contributed by atoms with Crippen molar-refractivity contribution in [2.24, 2.45) is 5.92 Å². The fourth-order valence-corrected chi connectivity index (χ4v) is 9.03. The number of esters is 1. The highest BCUT2D eigenvalue weighted by molar-refractivity contribution is 5.95. The monoisotopic (exact) mass is 938 g/mol. The number of hydrogen-bond donors (Lipinski definition) is 7. The van der Waals surface area contributed by atoms with E-state index in [-0.39, 0.29) is 43.0 Å². The Morgan fingerprint density at radius 3 is 2.38 bits per heavy atom. The van der Waals surface area contributed by atoms with Gasteiger partial charge in [-0.3, -0.25) is 28.8 Å². The Kier molecular flexibility index (Phi) is 13.6. The number of methoxy groups -OCH3 is 1. The first-order valence-corrected chi connectivity index (χ1v) is 22.3. The van der Waals surface area contributed by atoms with Crippen molar-refractivity contribution in [2.45, 2.75) is 89.3 Å². The number of nitrogens with one attached hydrogen (secondary N) is 6. The normalized spacial score (nSPS) is 18.4. The minimum absolute atomic E-state index is 0.0557. The molecular weight excluding hydrogens is 888 g/mol. The van der Waals surface area contributed by atoms with Gasteiger partial charge < -0.3 is 55.8 Å². The first-order chi connectivity index (χ1) is 32.6. The number of aliphatic hydroxyl groups is 1. The minimum atomic E-state index is -2.00. The Hall–Kier alpha value is -7.26. The summed E-state index contributed by atoms with van der Waals surface area (Å²) in [5.74, 6) is -4.42. The Morgan fingerprint density at radius 2 is 1.65 bits per heavy atom. The van der Waals surface area contributed by atoms with Gasteiger partial charge in [0.25, 0.3) is 5.56 Å². The maximum atomic E-state index is 15.4. The molecule has 20 nitrogen and oxygen atoms in total. The number of benzene rings is 2. The second-order valence-electron chi connectivity index (χ2n) is 17.4. The third kappa shape index (κ3) is 9.75. The smallest absolute Gasteiger partial charge is 0.407 e. The number of nitrogens with zero attached hydrogens (tertiary/aromatic N) is 2. The molecule has 2 aromatic carbocycles. The number of hydrogen-bond acceptors (Lipinski definition) is 13. The summed E-state index contributed by atoms with van der Waals surface area (Å²) < 4.78 is 32.4. The number of halogens is 1. The summed E-state index contributed by atoms with van der Waals surface area (Å²) in [7, 11) is 1.13. The van der Waals surface area contributed by atoms with Crippen LogP contribution < -0.4 is 37.5 Å². The number of alkyl carbamates (subject to hydrolysis) is 1. The molecule has 0 radical (unpaired) electrons. The summed E-state index contributed by atoms with van der Waals surface area (Å²) in [6, 6.07) is 9.97. The highest BCUT2D eigenvalue weighted by Crippen LogP contribution is 2.48. The van der Waals surface area contributed by atoms with Crippen molar-refractivity contribution in [3.8, 4) is 11.4 Å². The van der Waals surface area contributed by atoms with Gasteiger partial charge in [0.2, 0.25) is 29.5 Å². The molecule has 0 unspecified atom stereocenters. The number of carbonyl (C=O) groups is 7. The topological polar surface area (TPSA) is 274 Å². The second-order valence-corrected chi connectivity index (χ2v) is 17.4. The van der Waals surface area contributed by atoms with Crippen molar-refractivity contribution in [1.82, 2.24) is 41.5 Å². The molecule has 68 heavy (non-hydrogen) atoms. The van der Waals surface area contributed by atoms with E-state index in [9.17, 15) is 43.5 Å². The molecule has 2 aliphatic carbocycles. The fraction of sp³-hybridized carbons (Fsp3) is 0.426. The van der Waals surface area contributed by atoms with E-state index in [0.29, 0.717) is 57.4 Å². The van der Waals surface area contributed by atoms with Crippen molar-refractivity contribution < 1.29 is 57.3 Å². The molecule has 1 fully saturated rings. The molecule has 6 amide bonds. The molecule has 4 aliphatic rings. The van der Waals surface area contributed by atoms with Gasteiger partial charge >= 0.3 is 12.1 Å². The predicted molar refractivity (Wildman–Crippen MR) is 238 cm³/mol. The van der Waals surface area contributed by atoms with Crippen LogP contribution in [0.1, 0.15) is 77.6 Å². The molecule has 4 atom stereocenters. The molecule has 7 N–H and O–H groups in total. The average molecular weight is 939 g/mol. The standard InChI is InChI=1S/C47H51FN8O12/c1-23-27-11-12-32(40-28-20-56-35(41(28)54-33(39(27)40)15-31(23)48)14-30-29(44(56)62)21-67-45(63)47(30,65)16-26-9-10-26)55-42(60)24(2)68-22-52-37(58)17-50-43(61)34(13-25-7-5-4-6-8-25)53-38(59)19-49-36(57)18-51-46(64)66-3/h4-8,14-15,24,26,32,34,65H,9-13,16-22H2,1-3H3,(H,49,57)(H,50,61)(H,51,64)(H,52,58)(H,53,59)(H,55,60)/t24-,32+,34+,47+/m1/s1. The summed E-state index contributed by atoms with van der Waals surface area (Å²) in [5, 5.41) is 27.5. The Balaban J connectivity index is 0.909. The molecule has 4 aromatic rings. The van der Waals surface area contributed by atoms with E-state index < -0.39 is 103 Å². The minimum Gasteiger partial charge on any atom is -0.458 e. The molecule has 0 spiro atoms. The Labute approximate surface area is 388 Å². The van der Waals surface area contributed by atoms with Crippen molar-refractivity contribution >= 4 is 52.5 Å². The van der Waals surface area contributed by atoms with Gasteiger partial charge in [0, 0.05) is 29.0 Å². The maximum absolute atomic E-state index is 15.4. The van der Waals surface area contributed by atoms with Gasteiger partial charge in [0.05, 0.1) is 55.3 Å². The summed E-state index contributed by atoms with van der Waals surface area (Å²) in [5.41, 5.74) is 2.16. The van der Waals surface area contributed by atoms with E-state index in [1.54, 1.807) is 43.3 Å². The summed E-state index contributed by atoms with van der Waals surface area (Å²) >= 11 is 0. The van der Waals surface area contributed by atoms with Gasteiger partial charge in [-0.25, -0.2) is 19.0 Å². The zero-order valence-corrected chi connectivity index (χ0v) is 37.5. The number of ether oxygens (including phenoxy) is 3. The van der Waals surface area contributed by atoms with Crippen molar-refractivity contribution in [1.29, 1.82) is 0 Å². The van der Waals surface area contributed by atoms with Crippen LogP contribution in [0.5, 0.6) is 0 Å². The van der Waals surface area contributed by atoms with E-state index in [1.807, 2.05) is 0 Å². The predicted octanol–water partition coefficient (Wildman–Crippen LogP) is 0.815. The van der Waals surface area contributed by atoms with Crippen molar-refractivity contribution in [2.75, 3.05) is 33.5 Å². The summed E-state index contributed by atoms with van der Waals surface area (Å²) in [4.78, 5) is 108. The van der Waals surface area contributed by atoms with Crippen LogP contribution in [0.15, 0.2) is 47.3 Å². The third-order valence-corrected chi connectivity index (χ3v) is 12.8. The fourth-order valence-electron chi connectivity index (χ4n) is 9.03. The van der Waals surface area contributed by atoms with Crippen LogP contribution in [0, 0.1) is 18.7 Å². The number of amides is 6. The lowest BCUT2D eigenvalue weighted by Crippen LogP contribution is -2.52. The molecule has 21 heteroatoms. The van der Waals surface area contributed by atoms with Crippen LogP contribution in [0.4, 0.5) is 9.18 Å². The van der Waals surface area contributed by atoms with Gasteiger partial charge in [-0.2, -0.15) is 0 Å². The van der Waals surface area contributed by atoms with Gasteiger partial charge in [-0.05, 0) is 67.3 Å². The Bertz CT molecular complexity index is 2800. The lowest BCUT2D eigenvalue weighted by atomic mass is 9.81. The first-order valence-electron chi connectivity index (χ1n) is 22.3. The summed E-state index contributed by atoms with van der Waals surface area (Å²) in [6.45, 7) is 1.08. The molecule has 8 rings (SSSR count). The number of rotatable bonds is 17. The van der Waals surface area contributed by atoms with Gasteiger partial charge in [-0.1, -0.05) is 43.2 Å². The molecule has 358 valence electrons. The number of carbonyl (C=O) groups excluding carboxylic acids is 7. The van der Waals surface area contributed by atoms with Crippen LogP contribution in [0.25, 0.3) is 22.3 Å². The number of cyclic esters (lactones) is 1. The third-order valence-electron chi connectivity index (χ3n) is 12.8. The number of aryl methyl sites for hydroxylation is 1. The summed E-state index contributed by atoms with van der Waals surface area (Å²) in [6.07, 6.45) is 0.730. The molecular formula is C47H51FN8O12. The second kappa shape index (κ2) is 19.5. The molecule has 4 heterocycles. The number of fused-ring (bicyclic) bond motifs is 5. The van der Waals surface area contributed by atoms with Crippen LogP contribution in [0.2, 0.25) is 0 Å². The number of pyridine rings is 2. The first kappa shape index (κ1) is 47.2. The average Bonchev–Trinajstić information content (AvgIpc) is 4.06. The zero-order chi connectivity index (χ0) is 48.4. The van der Waals surface area contributed by atoms with Gasteiger partial charge in [-0.15, -0.1) is 0 Å². The van der Waals surface area contributed by atoms with E-state index in [0.717, 1.165) is 25.5 Å². The molecule has 2 aromatic heterocycles. The van der Waals surface area contributed by atoms with Crippen LogP contribution in [-0.4, -0.2) is 102 Å². The van der Waals surface area contributed by atoms with E-state index >= 15 is 4.39 Å². The molecule has 0 saturated heterocycles. The van der Waals surface area contributed by atoms with Gasteiger partial charge in [0.1, 0.15) is 37.8 Å². The maximum Gasteiger partial charge on any atom is 0.407 e. The van der Waals surface area contributed by atoms with Crippen LogP contribution >= 0.6 is 0 Å². The quantitative estimate of drug-likeness (QED) is 0.0503. The lowest BCUT2D eigenvalue weighted by molar-refractivity contribution is -0.173. The largest absolute Gasteiger partial charge is 0.458 e. The van der Waals surface area contributed by atoms with Crippen molar-refractivity contribution in [3.63, 3.8) is 0 Å². The highest BCUT2D eigenvalue weighted by atomic mass is 19.1.